The lowest BCUT2D eigenvalue weighted by molar-refractivity contribution is 0.0734. The van der Waals surface area contributed by atoms with Crippen LogP contribution in [0.5, 0.6) is 5.75 Å². The zero-order valence-electron chi connectivity index (χ0n) is 11.9. The lowest BCUT2D eigenvalue weighted by atomic mass is 10.1. The normalized spacial score (nSPS) is 10.7. The van der Waals surface area contributed by atoms with Gasteiger partial charge < -0.3 is 9.15 Å². The van der Waals surface area contributed by atoms with Crippen molar-refractivity contribution in [1.82, 2.24) is 0 Å². The first-order valence-electron chi connectivity index (χ1n) is 6.65. The molecule has 0 atom stereocenters. The molecule has 6 heteroatoms. The van der Waals surface area contributed by atoms with Gasteiger partial charge in [-0.15, -0.1) is 0 Å². The van der Waals surface area contributed by atoms with E-state index in [0.29, 0.717) is 11.5 Å². The minimum absolute atomic E-state index is 0.0981. The van der Waals surface area contributed by atoms with E-state index in [0.717, 1.165) is 17.7 Å². The second-order valence-corrected chi connectivity index (χ2v) is 4.95. The summed E-state index contributed by atoms with van der Waals surface area (Å²) in [6, 6.07) is 8.25. The van der Waals surface area contributed by atoms with Crippen LogP contribution in [0.3, 0.4) is 0 Å². The molecular formula is C17H10F2O4. The van der Waals surface area contributed by atoms with Crippen LogP contribution in [-0.2, 0) is 0 Å². The molecule has 0 unspecified atom stereocenters. The predicted octanol–water partition coefficient (Wildman–Crippen LogP) is 3.60. The molecule has 0 aliphatic rings. The van der Waals surface area contributed by atoms with E-state index < -0.39 is 23.2 Å². The molecule has 23 heavy (non-hydrogen) atoms. The average Bonchev–Trinajstić information content (AvgIpc) is 2.45. The van der Waals surface area contributed by atoms with Gasteiger partial charge in [0.25, 0.3) is 0 Å². The van der Waals surface area contributed by atoms with E-state index in [9.17, 15) is 18.4 Å². The second kappa shape index (κ2) is 5.64. The van der Waals surface area contributed by atoms with Gasteiger partial charge in [-0.25, -0.2) is 18.4 Å². The zero-order chi connectivity index (χ0) is 16.6. The van der Waals surface area contributed by atoms with E-state index >= 15 is 0 Å². The maximum absolute atomic E-state index is 13.1. The molecule has 1 heterocycles. The summed E-state index contributed by atoms with van der Waals surface area (Å²) in [5.41, 5.74) is 0.200. The maximum atomic E-state index is 13.1. The van der Waals surface area contributed by atoms with Gasteiger partial charge in [0.1, 0.15) is 23.0 Å². The quantitative estimate of drug-likeness (QED) is 0.412. The van der Waals surface area contributed by atoms with E-state index in [1.54, 1.807) is 13.0 Å². The highest BCUT2D eigenvalue weighted by Crippen LogP contribution is 2.23. The lowest BCUT2D eigenvalue weighted by Gasteiger charge is -2.06. The molecule has 0 spiro atoms. The lowest BCUT2D eigenvalue weighted by Crippen LogP contribution is -2.09. The summed E-state index contributed by atoms with van der Waals surface area (Å²) in [5.74, 6) is -2.58. The van der Waals surface area contributed by atoms with Crippen molar-refractivity contribution in [3.05, 3.63) is 75.6 Å². The molecule has 0 aliphatic heterocycles. The maximum Gasteiger partial charge on any atom is 0.343 e. The van der Waals surface area contributed by atoms with E-state index in [1.807, 2.05) is 0 Å². The van der Waals surface area contributed by atoms with Crippen molar-refractivity contribution in [2.24, 2.45) is 0 Å². The van der Waals surface area contributed by atoms with Crippen LogP contribution in [-0.4, -0.2) is 5.97 Å². The summed E-state index contributed by atoms with van der Waals surface area (Å²) >= 11 is 0. The Morgan fingerprint density at radius 3 is 2.43 bits per heavy atom. The van der Waals surface area contributed by atoms with Crippen molar-refractivity contribution < 1.29 is 22.7 Å². The van der Waals surface area contributed by atoms with Gasteiger partial charge in [-0.3, -0.25) is 0 Å². The second-order valence-electron chi connectivity index (χ2n) is 4.95. The molecule has 0 bridgehead atoms. The minimum atomic E-state index is -0.919. The molecule has 0 aliphatic carbocycles. The van der Waals surface area contributed by atoms with Crippen molar-refractivity contribution in [3.63, 3.8) is 0 Å². The summed E-state index contributed by atoms with van der Waals surface area (Å²) in [7, 11) is 0. The Kier molecular flexibility index (Phi) is 3.65. The summed E-state index contributed by atoms with van der Waals surface area (Å²) in [5, 5.41) is 0.696. The van der Waals surface area contributed by atoms with Crippen molar-refractivity contribution >= 4 is 16.9 Å². The third-order valence-corrected chi connectivity index (χ3v) is 3.23. The SMILES string of the molecule is Cc1cc(=O)oc2cc(OC(=O)c3cc(F)cc(F)c3)ccc12. The summed E-state index contributed by atoms with van der Waals surface area (Å²) in [6.07, 6.45) is 0. The molecule has 0 fully saturated rings. The van der Waals surface area contributed by atoms with Gasteiger partial charge in [-0.05, 0) is 36.8 Å². The zero-order valence-corrected chi connectivity index (χ0v) is 11.9. The number of carbonyl (C=O) groups is 1. The number of ether oxygens (including phenoxy) is 1. The van der Waals surface area contributed by atoms with Crippen LogP contribution in [0, 0.1) is 18.6 Å². The van der Waals surface area contributed by atoms with Gasteiger partial charge in [0.05, 0.1) is 5.56 Å². The predicted molar refractivity (Wildman–Crippen MR) is 78.5 cm³/mol. The fraction of sp³-hybridized carbons (Fsp3) is 0.0588. The molecule has 3 aromatic rings. The summed E-state index contributed by atoms with van der Waals surface area (Å²) in [4.78, 5) is 23.3. The van der Waals surface area contributed by atoms with Crippen molar-refractivity contribution in [2.45, 2.75) is 6.92 Å². The van der Waals surface area contributed by atoms with Crippen molar-refractivity contribution in [2.75, 3.05) is 0 Å². The molecule has 0 N–H and O–H groups in total. The highest BCUT2D eigenvalue weighted by atomic mass is 19.1. The minimum Gasteiger partial charge on any atom is -0.423 e. The highest BCUT2D eigenvalue weighted by molar-refractivity contribution is 5.91. The molecule has 0 saturated carbocycles. The number of carbonyl (C=O) groups excluding carboxylic acids is 1. The van der Waals surface area contributed by atoms with Crippen LogP contribution >= 0.6 is 0 Å². The number of rotatable bonds is 2. The fourth-order valence-corrected chi connectivity index (χ4v) is 2.21. The van der Waals surface area contributed by atoms with Gasteiger partial charge in [0.2, 0.25) is 0 Å². The summed E-state index contributed by atoms with van der Waals surface area (Å²) in [6.45, 7) is 1.75. The Labute approximate surface area is 128 Å². The molecule has 3 rings (SSSR count). The van der Waals surface area contributed by atoms with Gasteiger partial charge in [-0.1, -0.05) is 0 Å². The first-order valence-corrected chi connectivity index (χ1v) is 6.65. The number of hydrogen-bond donors (Lipinski definition) is 0. The van der Waals surface area contributed by atoms with Crippen LogP contribution in [0.25, 0.3) is 11.0 Å². The average molecular weight is 316 g/mol. The number of benzene rings is 2. The van der Waals surface area contributed by atoms with Crippen molar-refractivity contribution in [1.29, 1.82) is 0 Å². The van der Waals surface area contributed by atoms with Gasteiger partial charge in [0.15, 0.2) is 0 Å². The first kappa shape index (κ1) is 14.9. The Morgan fingerprint density at radius 1 is 1.04 bits per heavy atom. The van der Waals surface area contributed by atoms with Crippen LogP contribution < -0.4 is 10.4 Å². The number of halogens is 2. The topological polar surface area (TPSA) is 56.5 Å². The molecule has 1 aromatic heterocycles. The Bertz CT molecular complexity index is 956. The Balaban J connectivity index is 1.95. The standard InChI is InChI=1S/C17H10F2O4/c1-9-4-16(20)23-15-8-13(2-3-14(9)15)22-17(21)10-5-11(18)7-12(19)6-10/h2-8H,1H3. The number of aryl methyl sites for hydroxylation is 1. The van der Waals surface area contributed by atoms with E-state index in [4.69, 9.17) is 9.15 Å². The van der Waals surface area contributed by atoms with Crippen molar-refractivity contribution in [3.8, 4) is 5.75 Å². The Morgan fingerprint density at radius 2 is 1.74 bits per heavy atom. The fourth-order valence-electron chi connectivity index (χ4n) is 2.21. The number of esters is 1. The monoisotopic (exact) mass is 316 g/mol. The van der Waals surface area contributed by atoms with E-state index in [-0.39, 0.29) is 16.9 Å². The smallest absolute Gasteiger partial charge is 0.343 e. The van der Waals surface area contributed by atoms with Crippen LogP contribution in [0.2, 0.25) is 0 Å². The molecule has 2 aromatic carbocycles. The highest BCUT2D eigenvalue weighted by Gasteiger charge is 2.13. The molecule has 116 valence electrons. The molecule has 0 radical (unpaired) electrons. The van der Waals surface area contributed by atoms with Gasteiger partial charge in [0, 0.05) is 23.6 Å². The number of hydrogen-bond acceptors (Lipinski definition) is 4. The number of fused-ring (bicyclic) bond motifs is 1. The largest absolute Gasteiger partial charge is 0.423 e. The van der Waals surface area contributed by atoms with E-state index in [1.165, 1.54) is 18.2 Å². The van der Waals surface area contributed by atoms with Crippen LogP contribution in [0.15, 0.2) is 51.7 Å². The molecule has 0 amide bonds. The van der Waals surface area contributed by atoms with Gasteiger partial charge >= 0.3 is 11.6 Å². The molecule has 0 saturated heterocycles. The third kappa shape index (κ3) is 3.11. The van der Waals surface area contributed by atoms with Crippen LogP contribution in [0.1, 0.15) is 15.9 Å². The van der Waals surface area contributed by atoms with Gasteiger partial charge in [-0.2, -0.15) is 0 Å². The Hall–Kier alpha value is -3.02. The third-order valence-electron chi connectivity index (χ3n) is 3.23. The van der Waals surface area contributed by atoms with E-state index in [2.05, 4.69) is 0 Å². The van der Waals surface area contributed by atoms with Crippen LogP contribution in [0.4, 0.5) is 8.78 Å². The summed E-state index contributed by atoms with van der Waals surface area (Å²) < 4.78 is 36.4. The molecular weight excluding hydrogens is 306 g/mol. The molecule has 4 nitrogen and oxygen atoms in total. The first-order chi connectivity index (χ1) is 10.9.